The number of nitrogens with zero attached hydrogens (tertiary/aromatic N) is 2. The Kier molecular flexibility index (Phi) is 8.54. The van der Waals surface area contributed by atoms with Gasteiger partial charge in [0.05, 0.1) is 23.5 Å². The lowest BCUT2D eigenvalue weighted by Crippen LogP contribution is -2.27. The molecule has 2 unspecified atom stereocenters. The number of hydrogen-bond donors (Lipinski definition) is 1. The SMILES string of the molecule is CCC(Oc1cc(-c2nc3ccc(N)cc3c(C)c2C)ccc1N(C)C)Oc1cccc(C)c1OC1CCCCO1. The third-order valence-electron chi connectivity index (χ3n) is 7.70. The molecule has 7 heteroatoms. The summed E-state index contributed by atoms with van der Waals surface area (Å²) in [5.41, 5.74) is 13.8. The topological polar surface area (TPSA) is 79.1 Å². The first-order valence-corrected chi connectivity index (χ1v) is 14.4. The van der Waals surface area contributed by atoms with E-state index < -0.39 is 6.29 Å². The number of nitrogens with two attached hydrogens (primary N) is 1. The lowest BCUT2D eigenvalue weighted by molar-refractivity contribution is -0.108. The fourth-order valence-corrected chi connectivity index (χ4v) is 5.22. The van der Waals surface area contributed by atoms with Crippen LogP contribution in [0.15, 0.2) is 54.6 Å². The van der Waals surface area contributed by atoms with E-state index in [-0.39, 0.29) is 6.29 Å². The first-order chi connectivity index (χ1) is 19.7. The Morgan fingerprint density at radius 3 is 2.51 bits per heavy atom. The van der Waals surface area contributed by atoms with Gasteiger partial charge in [-0.15, -0.1) is 0 Å². The molecule has 0 amide bonds. The van der Waals surface area contributed by atoms with Crippen molar-refractivity contribution in [1.82, 2.24) is 4.98 Å². The minimum absolute atomic E-state index is 0.261. The lowest BCUT2D eigenvalue weighted by atomic mass is 9.98. The van der Waals surface area contributed by atoms with E-state index in [1.807, 2.05) is 62.3 Å². The highest BCUT2D eigenvalue weighted by Crippen LogP contribution is 2.38. The van der Waals surface area contributed by atoms with E-state index in [4.69, 9.17) is 29.7 Å². The Balaban J connectivity index is 1.46. The van der Waals surface area contributed by atoms with E-state index in [0.29, 0.717) is 17.9 Å². The molecule has 2 heterocycles. The number of pyridine rings is 1. The summed E-state index contributed by atoms with van der Waals surface area (Å²) in [6.07, 6.45) is 2.88. The Morgan fingerprint density at radius 1 is 0.976 bits per heavy atom. The van der Waals surface area contributed by atoms with Gasteiger partial charge in [0, 0.05) is 43.6 Å². The van der Waals surface area contributed by atoms with Crippen molar-refractivity contribution < 1.29 is 18.9 Å². The minimum Gasteiger partial charge on any atom is -0.461 e. The molecule has 1 saturated heterocycles. The van der Waals surface area contributed by atoms with Gasteiger partial charge < -0.3 is 29.6 Å². The average Bonchev–Trinajstić information content (AvgIpc) is 2.97. The summed E-state index contributed by atoms with van der Waals surface area (Å²) < 4.78 is 25.2. The summed E-state index contributed by atoms with van der Waals surface area (Å²) in [7, 11) is 4.02. The number of benzene rings is 3. The van der Waals surface area contributed by atoms with Gasteiger partial charge in [0.1, 0.15) is 5.75 Å². The van der Waals surface area contributed by atoms with Crippen LogP contribution in [0.1, 0.15) is 49.3 Å². The molecule has 4 aromatic rings. The summed E-state index contributed by atoms with van der Waals surface area (Å²) in [6.45, 7) is 9.02. The zero-order chi connectivity index (χ0) is 29.1. The molecule has 2 atom stereocenters. The summed E-state index contributed by atoms with van der Waals surface area (Å²) in [5, 5.41) is 1.07. The van der Waals surface area contributed by atoms with Crippen molar-refractivity contribution in [2.24, 2.45) is 0 Å². The van der Waals surface area contributed by atoms with E-state index in [9.17, 15) is 0 Å². The molecule has 3 aromatic carbocycles. The molecule has 2 N–H and O–H groups in total. The molecule has 0 spiro atoms. The monoisotopic (exact) mass is 555 g/mol. The fraction of sp³-hybridized carbons (Fsp3) is 0.382. The molecule has 5 rings (SSSR count). The molecule has 7 nitrogen and oxygen atoms in total. The van der Waals surface area contributed by atoms with Crippen LogP contribution in [0.25, 0.3) is 22.2 Å². The van der Waals surface area contributed by atoms with Gasteiger partial charge in [0.25, 0.3) is 0 Å². The van der Waals surface area contributed by atoms with Gasteiger partial charge >= 0.3 is 0 Å². The lowest BCUT2D eigenvalue weighted by Gasteiger charge is -2.27. The standard InChI is InChI=1S/C34H41N3O4/c1-7-31(39-29-12-10-11-21(2)34(29)41-32-13-8-9-18-38-32)40-30-19-24(14-17-28(30)37(5)6)33-23(4)22(3)26-20-25(35)15-16-27(26)36-33/h10-12,14-17,19-20,31-32H,7-9,13,18,35H2,1-6H3. The second kappa shape index (κ2) is 12.3. The number of nitrogen functional groups attached to an aromatic ring is 1. The van der Waals surface area contributed by atoms with Gasteiger partial charge in [0.15, 0.2) is 17.8 Å². The highest BCUT2D eigenvalue weighted by Gasteiger charge is 2.22. The van der Waals surface area contributed by atoms with Gasteiger partial charge in [-0.2, -0.15) is 0 Å². The molecule has 1 aliphatic heterocycles. The predicted molar refractivity (Wildman–Crippen MR) is 166 cm³/mol. The zero-order valence-electron chi connectivity index (χ0n) is 25.0. The summed E-state index contributed by atoms with van der Waals surface area (Å²) in [6, 6.07) is 18.0. The van der Waals surface area contributed by atoms with Crippen LogP contribution in [0.2, 0.25) is 0 Å². The molecule has 1 fully saturated rings. The van der Waals surface area contributed by atoms with Crippen molar-refractivity contribution in [3.8, 4) is 28.5 Å². The highest BCUT2D eigenvalue weighted by molar-refractivity contribution is 5.89. The van der Waals surface area contributed by atoms with E-state index >= 15 is 0 Å². The second-order valence-electron chi connectivity index (χ2n) is 11.0. The van der Waals surface area contributed by atoms with E-state index in [2.05, 4.69) is 39.0 Å². The second-order valence-corrected chi connectivity index (χ2v) is 11.0. The van der Waals surface area contributed by atoms with E-state index in [1.54, 1.807) is 0 Å². The molecule has 216 valence electrons. The smallest absolute Gasteiger partial charge is 0.241 e. The quantitative estimate of drug-likeness (QED) is 0.168. The summed E-state index contributed by atoms with van der Waals surface area (Å²) in [5.74, 6) is 2.08. The fourth-order valence-electron chi connectivity index (χ4n) is 5.22. The Bertz CT molecular complexity index is 1530. The predicted octanol–water partition coefficient (Wildman–Crippen LogP) is 7.57. The van der Waals surface area contributed by atoms with Crippen LogP contribution in [0, 0.1) is 20.8 Å². The van der Waals surface area contributed by atoms with Crippen LogP contribution in [-0.2, 0) is 4.74 Å². The maximum absolute atomic E-state index is 6.59. The molecule has 0 radical (unpaired) electrons. The molecule has 1 aromatic heterocycles. The average molecular weight is 556 g/mol. The number of fused-ring (bicyclic) bond motifs is 1. The van der Waals surface area contributed by atoms with E-state index in [1.165, 1.54) is 5.56 Å². The molecular formula is C34H41N3O4. The van der Waals surface area contributed by atoms with Crippen LogP contribution in [-0.4, -0.2) is 38.3 Å². The largest absolute Gasteiger partial charge is 0.461 e. The number of anilines is 2. The van der Waals surface area contributed by atoms with Gasteiger partial charge in [-0.3, -0.25) is 0 Å². The Morgan fingerprint density at radius 2 is 1.78 bits per heavy atom. The van der Waals surface area contributed by atoms with Crippen LogP contribution in [0.5, 0.6) is 17.2 Å². The number of aryl methyl sites for hydroxylation is 2. The first kappa shape index (κ1) is 28.6. The van der Waals surface area contributed by atoms with Crippen molar-refractivity contribution in [3.05, 3.63) is 71.3 Å². The van der Waals surface area contributed by atoms with E-state index in [0.717, 1.165) is 76.3 Å². The van der Waals surface area contributed by atoms with Crippen molar-refractivity contribution in [2.75, 3.05) is 31.3 Å². The summed E-state index contributed by atoms with van der Waals surface area (Å²) in [4.78, 5) is 7.07. The normalized spacial score (nSPS) is 15.9. The molecule has 1 aliphatic rings. The molecule has 0 aliphatic carbocycles. The van der Waals surface area contributed by atoms with Gasteiger partial charge in [-0.1, -0.05) is 25.1 Å². The number of ether oxygens (including phenoxy) is 4. The Hall–Kier alpha value is -3.97. The number of para-hydroxylation sites is 1. The zero-order valence-corrected chi connectivity index (χ0v) is 25.0. The van der Waals surface area contributed by atoms with Crippen LogP contribution >= 0.6 is 0 Å². The molecule has 0 bridgehead atoms. The third kappa shape index (κ3) is 6.20. The van der Waals surface area contributed by atoms with Gasteiger partial charge in [-0.25, -0.2) is 4.98 Å². The molecule has 0 saturated carbocycles. The van der Waals surface area contributed by atoms with Gasteiger partial charge in [-0.05, 0) is 86.7 Å². The summed E-state index contributed by atoms with van der Waals surface area (Å²) >= 11 is 0. The number of rotatable bonds is 9. The third-order valence-corrected chi connectivity index (χ3v) is 7.70. The first-order valence-electron chi connectivity index (χ1n) is 14.4. The van der Waals surface area contributed by atoms with Crippen molar-refractivity contribution in [2.45, 2.75) is 66.0 Å². The minimum atomic E-state index is -0.532. The number of aromatic nitrogens is 1. The van der Waals surface area contributed by atoms with Crippen LogP contribution in [0.4, 0.5) is 11.4 Å². The highest BCUT2D eigenvalue weighted by atomic mass is 16.7. The number of hydrogen-bond acceptors (Lipinski definition) is 7. The van der Waals surface area contributed by atoms with Crippen LogP contribution < -0.4 is 24.8 Å². The van der Waals surface area contributed by atoms with Gasteiger partial charge in [0.2, 0.25) is 6.29 Å². The maximum Gasteiger partial charge on any atom is 0.241 e. The van der Waals surface area contributed by atoms with Crippen LogP contribution in [0.3, 0.4) is 0 Å². The van der Waals surface area contributed by atoms with Crippen molar-refractivity contribution in [1.29, 1.82) is 0 Å². The molecular weight excluding hydrogens is 514 g/mol. The maximum atomic E-state index is 6.59. The Labute approximate surface area is 243 Å². The van der Waals surface area contributed by atoms with Crippen molar-refractivity contribution >= 4 is 22.3 Å². The molecule has 41 heavy (non-hydrogen) atoms. The van der Waals surface area contributed by atoms with Crippen molar-refractivity contribution in [3.63, 3.8) is 0 Å².